The van der Waals surface area contributed by atoms with Gasteiger partial charge in [-0.3, -0.25) is 19.2 Å². The maximum absolute atomic E-state index is 13.3. The Morgan fingerprint density at radius 2 is 1.86 bits per heavy atom. The third-order valence-electron chi connectivity index (χ3n) is 8.24. The summed E-state index contributed by atoms with van der Waals surface area (Å²) >= 11 is 10.7. The summed E-state index contributed by atoms with van der Waals surface area (Å²) in [6, 6.07) is 7.74. The summed E-state index contributed by atoms with van der Waals surface area (Å²) in [6.07, 6.45) is 1.79. The number of rotatable bonds is 16. The van der Waals surface area contributed by atoms with Gasteiger partial charge in [-0.15, -0.1) is 34.3 Å². The lowest BCUT2D eigenvalue weighted by Gasteiger charge is -2.21. The Morgan fingerprint density at radius 1 is 1.08 bits per heavy atom. The fourth-order valence-corrected chi connectivity index (χ4v) is 8.03. The summed E-state index contributed by atoms with van der Waals surface area (Å²) in [5.74, 6) is -0.481. The summed E-state index contributed by atoms with van der Waals surface area (Å²) in [4.78, 5) is 62.0. The lowest BCUT2D eigenvalue weighted by Crippen LogP contribution is -2.52. The summed E-state index contributed by atoms with van der Waals surface area (Å²) in [6.45, 7) is 2.53. The van der Waals surface area contributed by atoms with Crippen LogP contribution < -0.4 is 20.9 Å². The second kappa shape index (κ2) is 17.4. The first-order chi connectivity index (χ1) is 24.1. The number of fused-ring (bicyclic) bond motifs is 3. The van der Waals surface area contributed by atoms with Crippen LogP contribution in [-0.2, 0) is 20.8 Å². The van der Waals surface area contributed by atoms with Gasteiger partial charge in [-0.2, -0.15) is 11.8 Å². The zero-order chi connectivity index (χ0) is 35.8. The molecule has 0 saturated carbocycles. The van der Waals surface area contributed by atoms with Gasteiger partial charge in [0.2, 0.25) is 17.7 Å². The Hall–Kier alpha value is -3.76. The monoisotopic (exact) mass is 758 g/mol. The topological polar surface area (TPSA) is 174 Å². The molecule has 2 aromatic heterocycles. The summed E-state index contributed by atoms with van der Waals surface area (Å²) in [5.41, 5.74) is 2.46. The van der Waals surface area contributed by atoms with Gasteiger partial charge in [0.05, 0.1) is 16.8 Å². The quantitative estimate of drug-likeness (QED) is 0.0826. The number of alkyl halides is 1. The maximum Gasteiger partial charge on any atom is 0.270 e. The van der Waals surface area contributed by atoms with Gasteiger partial charge in [-0.25, -0.2) is 9.97 Å². The molecule has 5 rings (SSSR count). The zero-order valence-electron chi connectivity index (χ0n) is 27.6. The third-order valence-corrected chi connectivity index (χ3v) is 11.1. The van der Waals surface area contributed by atoms with Crippen molar-refractivity contribution in [2.75, 3.05) is 42.4 Å². The number of aliphatic hydroxyl groups excluding tert-OH is 1. The first kappa shape index (κ1) is 37.5. The van der Waals surface area contributed by atoms with Crippen molar-refractivity contribution in [3.05, 3.63) is 57.4 Å². The van der Waals surface area contributed by atoms with E-state index in [4.69, 9.17) is 11.6 Å². The number of phenols is 1. The minimum atomic E-state index is -1.22. The lowest BCUT2D eigenvalue weighted by molar-refractivity contribution is -0.132. The minimum Gasteiger partial charge on any atom is -0.507 e. The molecule has 4 amide bonds. The zero-order valence-corrected chi connectivity index (χ0v) is 30.8. The molecule has 0 radical (unpaired) electrons. The fraction of sp³-hybridized carbons (Fsp3) is 0.412. The van der Waals surface area contributed by atoms with E-state index in [0.717, 1.165) is 28.1 Å². The molecule has 12 nitrogen and oxygen atoms in total. The van der Waals surface area contributed by atoms with Crippen LogP contribution in [0.2, 0.25) is 0 Å². The highest BCUT2D eigenvalue weighted by Gasteiger charge is 2.34. The van der Waals surface area contributed by atoms with Crippen LogP contribution in [0.3, 0.4) is 0 Å². The Labute approximate surface area is 307 Å². The standard InChI is InChI=1S/C34H39ClN6O6S3/c1-19(42)31(33(47)37-12-10-28-38-24(18-49-28)34-39-23(17-50-34)32(46)36-11-5-13-48-2)40-27(44)8-9-29(45)41-16-20(15-35)30-22-7-4-3-6-21(22)26(43)14-25(30)41/h3-4,6-7,14,17-20,31,42-43H,5,8-13,15-16H2,1-2H3,(H,36,46)(H,37,47)(H,40,44)/t19?,20?,31-/m0/s1. The molecular formula is C34H39ClN6O6S3. The number of halogens is 1. The predicted molar refractivity (Wildman–Crippen MR) is 200 cm³/mol. The van der Waals surface area contributed by atoms with Crippen molar-refractivity contribution in [1.82, 2.24) is 25.9 Å². The molecule has 16 heteroatoms. The molecule has 266 valence electrons. The third kappa shape index (κ3) is 8.93. The van der Waals surface area contributed by atoms with E-state index in [-0.39, 0.29) is 48.7 Å². The van der Waals surface area contributed by atoms with E-state index in [2.05, 4.69) is 25.9 Å². The number of benzene rings is 2. The highest BCUT2D eigenvalue weighted by molar-refractivity contribution is 7.98. The Balaban J connectivity index is 1.10. The summed E-state index contributed by atoms with van der Waals surface area (Å²) in [7, 11) is 0. The van der Waals surface area contributed by atoms with E-state index < -0.39 is 24.0 Å². The predicted octanol–water partition coefficient (Wildman–Crippen LogP) is 4.28. The average molecular weight is 759 g/mol. The van der Waals surface area contributed by atoms with E-state index in [9.17, 15) is 29.4 Å². The molecular weight excluding hydrogens is 720 g/mol. The van der Waals surface area contributed by atoms with Crippen molar-refractivity contribution in [3.63, 3.8) is 0 Å². The Morgan fingerprint density at radius 3 is 2.60 bits per heavy atom. The van der Waals surface area contributed by atoms with Gasteiger partial charge in [0.1, 0.15) is 28.2 Å². The van der Waals surface area contributed by atoms with Crippen molar-refractivity contribution in [3.8, 4) is 16.5 Å². The number of anilines is 1. The highest BCUT2D eigenvalue weighted by Crippen LogP contribution is 2.45. The molecule has 50 heavy (non-hydrogen) atoms. The summed E-state index contributed by atoms with van der Waals surface area (Å²) in [5, 5.41) is 35.5. The largest absolute Gasteiger partial charge is 0.507 e. The molecule has 0 saturated heterocycles. The first-order valence-electron chi connectivity index (χ1n) is 16.1. The number of aromatic nitrogens is 2. The van der Waals surface area contributed by atoms with Crippen LogP contribution >= 0.6 is 46.0 Å². The van der Waals surface area contributed by atoms with Crippen molar-refractivity contribution in [2.45, 2.75) is 50.7 Å². The van der Waals surface area contributed by atoms with Gasteiger partial charge in [0, 0.05) is 72.9 Å². The molecule has 0 spiro atoms. The van der Waals surface area contributed by atoms with Gasteiger partial charge >= 0.3 is 0 Å². The maximum atomic E-state index is 13.3. The van der Waals surface area contributed by atoms with Crippen LogP contribution in [-0.4, -0.2) is 93.5 Å². The number of thiazole rings is 2. The molecule has 2 aromatic carbocycles. The molecule has 3 atom stereocenters. The van der Waals surface area contributed by atoms with Gasteiger partial charge in [-0.1, -0.05) is 24.3 Å². The van der Waals surface area contributed by atoms with Crippen LogP contribution in [0, 0.1) is 0 Å². The second-order valence-electron chi connectivity index (χ2n) is 11.8. The van der Waals surface area contributed by atoms with Gasteiger partial charge in [-0.05, 0) is 36.3 Å². The van der Waals surface area contributed by atoms with Crippen LogP contribution in [0.4, 0.5) is 5.69 Å². The normalized spacial score (nSPS) is 15.0. The number of aromatic hydroxyl groups is 1. The van der Waals surface area contributed by atoms with Gasteiger partial charge < -0.3 is 31.1 Å². The number of carbonyl (C=O) groups excluding carboxylic acids is 4. The SMILES string of the molecule is CSCCCNC(=O)c1csc(-c2csc(CCNC(=O)[C@@H](NC(=O)CCC(=O)N3CC(CCl)c4c3cc(O)c3ccccc43)C(C)O)n2)n1. The second-order valence-corrected chi connectivity index (χ2v) is 14.9. The fourth-order valence-electron chi connectivity index (χ4n) is 5.73. The number of hydrogen-bond donors (Lipinski definition) is 5. The Kier molecular flexibility index (Phi) is 13.1. The van der Waals surface area contributed by atoms with Gasteiger partial charge in [0.15, 0.2) is 0 Å². The number of hydrogen-bond acceptors (Lipinski definition) is 11. The highest BCUT2D eigenvalue weighted by atomic mass is 35.5. The minimum absolute atomic E-state index is 0.0537. The van der Waals surface area contributed by atoms with E-state index in [1.807, 2.05) is 35.9 Å². The molecule has 2 unspecified atom stereocenters. The summed E-state index contributed by atoms with van der Waals surface area (Å²) < 4.78 is 0. The molecule has 4 aromatic rings. The lowest BCUT2D eigenvalue weighted by atomic mass is 9.95. The van der Waals surface area contributed by atoms with Crippen molar-refractivity contribution in [1.29, 1.82) is 0 Å². The Bertz CT molecular complexity index is 1850. The number of aliphatic hydroxyl groups is 1. The van der Waals surface area contributed by atoms with Crippen LogP contribution in [0.1, 0.15) is 53.2 Å². The molecule has 1 aliphatic heterocycles. The number of phenolic OH excluding ortho intramolecular Hbond substituents is 1. The number of nitrogens with zero attached hydrogens (tertiary/aromatic N) is 3. The molecule has 1 aliphatic rings. The number of thioether (sulfide) groups is 1. The number of carbonyl (C=O) groups is 4. The molecule has 5 N–H and O–H groups in total. The van der Waals surface area contributed by atoms with Crippen molar-refractivity contribution >= 4 is 86.1 Å². The van der Waals surface area contributed by atoms with E-state index >= 15 is 0 Å². The van der Waals surface area contributed by atoms with Crippen molar-refractivity contribution in [2.24, 2.45) is 0 Å². The van der Waals surface area contributed by atoms with E-state index in [1.165, 1.54) is 29.6 Å². The van der Waals surface area contributed by atoms with Crippen LogP contribution in [0.5, 0.6) is 5.75 Å². The average Bonchev–Trinajstić information content (AvgIpc) is 3.87. The number of amides is 4. The molecule has 0 bridgehead atoms. The van der Waals surface area contributed by atoms with Crippen LogP contribution in [0.25, 0.3) is 21.5 Å². The van der Waals surface area contributed by atoms with E-state index in [0.29, 0.717) is 47.0 Å². The van der Waals surface area contributed by atoms with Crippen molar-refractivity contribution < 1.29 is 29.4 Å². The number of nitrogens with one attached hydrogen (secondary N) is 3. The van der Waals surface area contributed by atoms with Crippen LogP contribution in [0.15, 0.2) is 41.1 Å². The smallest absolute Gasteiger partial charge is 0.270 e. The molecule has 3 heterocycles. The van der Waals surface area contributed by atoms with E-state index in [1.54, 1.807) is 28.1 Å². The molecule has 0 aliphatic carbocycles. The molecule has 0 fully saturated rings. The first-order valence-corrected chi connectivity index (χ1v) is 19.8. The van der Waals surface area contributed by atoms with Gasteiger partial charge in [0.25, 0.3) is 5.91 Å².